The minimum atomic E-state index is -3.84. The molecule has 1 saturated carbocycles. The number of carboxylic acids is 1. The molecule has 0 radical (unpaired) electrons. The number of carbonyl (C=O) groups is 1. The standard InChI is InChI=1S/C20H24ClN3O5S/c1-12-8-19(24(22-12)13-4-3-5-13)23-11-15(10-17(23)20(25)26)30(27,28)18-7-6-14(29-2)9-16(18)21/h6-9,13,15,17H,3-5,10-11H2,1-2H3,(H,25,26)/t15-,17+/m1/s1. The number of benzene rings is 1. The molecule has 4 rings (SSSR count). The first kappa shape index (κ1) is 21.0. The van der Waals surface area contributed by atoms with Gasteiger partial charge in [0.25, 0.3) is 0 Å². The van der Waals surface area contributed by atoms with Crippen LogP contribution >= 0.6 is 11.6 Å². The second-order valence-corrected chi connectivity index (χ2v) is 10.5. The lowest BCUT2D eigenvalue weighted by Gasteiger charge is -2.31. The molecule has 2 atom stereocenters. The van der Waals surface area contributed by atoms with Crippen molar-refractivity contribution in [1.82, 2.24) is 9.78 Å². The highest BCUT2D eigenvalue weighted by atomic mass is 35.5. The Labute approximate surface area is 180 Å². The second-order valence-electron chi connectivity index (χ2n) is 7.88. The molecule has 0 spiro atoms. The summed E-state index contributed by atoms with van der Waals surface area (Å²) in [5.41, 5.74) is 0.783. The Hall–Kier alpha value is -2.26. The molecule has 2 aromatic rings. The first-order valence-electron chi connectivity index (χ1n) is 9.85. The van der Waals surface area contributed by atoms with Gasteiger partial charge in [0.2, 0.25) is 0 Å². The van der Waals surface area contributed by atoms with E-state index in [2.05, 4.69) is 5.10 Å². The average molecular weight is 454 g/mol. The van der Waals surface area contributed by atoms with Crippen molar-refractivity contribution in [2.45, 2.75) is 54.8 Å². The summed E-state index contributed by atoms with van der Waals surface area (Å²) < 4.78 is 33.6. The number of methoxy groups -OCH3 is 1. The monoisotopic (exact) mass is 453 g/mol. The van der Waals surface area contributed by atoms with Crippen LogP contribution in [0.25, 0.3) is 0 Å². The van der Waals surface area contributed by atoms with E-state index in [0.717, 1.165) is 25.0 Å². The molecule has 1 N–H and O–H groups in total. The molecule has 1 aliphatic heterocycles. The van der Waals surface area contributed by atoms with Crippen molar-refractivity contribution in [1.29, 1.82) is 0 Å². The number of aromatic nitrogens is 2. The third-order valence-electron chi connectivity index (χ3n) is 5.99. The van der Waals surface area contributed by atoms with Crippen LogP contribution in [0, 0.1) is 6.92 Å². The van der Waals surface area contributed by atoms with Gasteiger partial charge in [-0.1, -0.05) is 11.6 Å². The van der Waals surface area contributed by atoms with Gasteiger partial charge in [-0.2, -0.15) is 5.10 Å². The zero-order chi connectivity index (χ0) is 21.6. The number of hydrogen-bond acceptors (Lipinski definition) is 6. The molecule has 2 heterocycles. The predicted molar refractivity (Wildman–Crippen MR) is 112 cm³/mol. The lowest BCUT2D eigenvalue weighted by molar-refractivity contribution is -0.138. The molecule has 1 aromatic heterocycles. The van der Waals surface area contributed by atoms with E-state index in [4.69, 9.17) is 16.3 Å². The van der Waals surface area contributed by atoms with Gasteiger partial charge in [-0.05, 0) is 44.7 Å². The van der Waals surface area contributed by atoms with E-state index in [9.17, 15) is 18.3 Å². The van der Waals surface area contributed by atoms with Crippen LogP contribution in [-0.4, -0.2) is 54.2 Å². The van der Waals surface area contributed by atoms with Crippen molar-refractivity contribution < 1.29 is 23.1 Å². The van der Waals surface area contributed by atoms with Crippen molar-refractivity contribution in [3.05, 3.63) is 35.0 Å². The summed E-state index contributed by atoms with van der Waals surface area (Å²) in [5.74, 6) is 0.0750. The Morgan fingerprint density at radius 3 is 2.60 bits per heavy atom. The minimum Gasteiger partial charge on any atom is -0.497 e. The number of carboxylic acid groups (broad SMARTS) is 1. The van der Waals surface area contributed by atoms with Gasteiger partial charge in [0, 0.05) is 18.7 Å². The maximum atomic E-state index is 13.3. The lowest BCUT2D eigenvalue weighted by Crippen LogP contribution is -2.38. The van der Waals surface area contributed by atoms with Crippen LogP contribution in [0.15, 0.2) is 29.2 Å². The molecule has 0 bridgehead atoms. The molecule has 2 fully saturated rings. The average Bonchev–Trinajstić information content (AvgIpc) is 3.24. The van der Waals surface area contributed by atoms with E-state index in [0.29, 0.717) is 11.6 Å². The van der Waals surface area contributed by atoms with Crippen LogP contribution in [-0.2, 0) is 14.6 Å². The summed E-state index contributed by atoms with van der Waals surface area (Å²) in [5, 5.41) is 13.5. The molecule has 1 saturated heterocycles. The smallest absolute Gasteiger partial charge is 0.326 e. The number of aryl methyl sites for hydroxylation is 1. The van der Waals surface area contributed by atoms with Gasteiger partial charge in [-0.15, -0.1) is 0 Å². The third kappa shape index (κ3) is 3.54. The first-order valence-corrected chi connectivity index (χ1v) is 11.8. The van der Waals surface area contributed by atoms with Gasteiger partial charge >= 0.3 is 5.97 Å². The number of anilines is 1. The molecular formula is C20H24ClN3O5S. The molecule has 30 heavy (non-hydrogen) atoms. The fourth-order valence-corrected chi connectivity index (χ4v) is 6.38. The van der Waals surface area contributed by atoms with E-state index < -0.39 is 27.1 Å². The summed E-state index contributed by atoms with van der Waals surface area (Å²) in [6, 6.07) is 5.52. The Morgan fingerprint density at radius 2 is 2.03 bits per heavy atom. The maximum Gasteiger partial charge on any atom is 0.326 e. The quantitative estimate of drug-likeness (QED) is 0.716. The second kappa shape index (κ2) is 7.77. The highest BCUT2D eigenvalue weighted by Crippen LogP contribution is 2.39. The number of rotatable bonds is 6. The molecular weight excluding hydrogens is 430 g/mol. The van der Waals surface area contributed by atoms with Crippen molar-refractivity contribution in [2.24, 2.45) is 0 Å². The fraction of sp³-hybridized carbons (Fsp3) is 0.500. The molecule has 1 aromatic carbocycles. The van der Waals surface area contributed by atoms with Crippen LogP contribution in [0.1, 0.15) is 37.4 Å². The zero-order valence-electron chi connectivity index (χ0n) is 16.8. The van der Waals surface area contributed by atoms with Crippen molar-refractivity contribution in [2.75, 3.05) is 18.6 Å². The van der Waals surface area contributed by atoms with Gasteiger partial charge in [-0.25, -0.2) is 17.9 Å². The number of nitrogens with zero attached hydrogens (tertiary/aromatic N) is 3. The summed E-state index contributed by atoms with van der Waals surface area (Å²) in [4.78, 5) is 13.7. The summed E-state index contributed by atoms with van der Waals surface area (Å²) >= 11 is 6.22. The molecule has 2 aliphatic rings. The topological polar surface area (TPSA) is 102 Å². The molecule has 0 unspecified atom stereocenters. The Bertz CT molecular complexity index is 1080. The van der Waals surface area contributed by atoms with Crippen molar-refractivity contribution in [3.8, 4) is 5.75 Å². The largest absolute Gasteiger partial charge is 0.497 e. The van der Waals surface area contributed by atoms with E-state index in [1.165, 1.54) is 25.3 Å². The van der Waals surface area contributed by atoms with Crippen LogP contribution in [0.2, 0.25) is 5.02 Å². The van der Waals surface area contributed by atoms with Crippen LogP contribution in [0.5, 0.6) is 5.75 Å². The summed E-state index contributed by atoms with van der Waals surface area (Å²) in [6.45, 7) is 1.93. The number of aliphatic carboxylic acids is 1. The Kier molecular flexibility index (Phi) is 5.44. The predicted octanol–water partition coefficient (Wildman–Crippen LogP) is 3.08. The van der Waals surface area contributed by atoms with Crippen molar-refractivity contribution in [3.63, 3.8) is 0 Å². The lowest BCUT2D eigenvalue weighted by atomic mass is 9.93. The van der Waals surface area contributed by atoms with E-state index in [1.807, 2.05) is 17.7 Å². The van der Waals surface area contributed by atoms with Crippen molar-refractivity contribution >= 4 is 33.2 Å². The fourth-order valence-electron chi connectivity index (χ4n) is 4.15. The molecule has 1 aliphatic carbocycles. The molecule has 0 amide bonds. The zero-order valence-corrected chi connectivity index (χ0v) is 18.4. The Morgan fingerprint density at radius 1 is 1.30 bits per heavy atom. The van der Waals surface area contributed by atoms with E-state index in [1.54, 1.807) is 4.90 Å². The SMILES string of the molecule is COc1ccc(S(=O)(=O)[C@@H]2C[C@@H](C(=O)O)N(c3cc(C)nn3C3CCC3)C2)c(Cl)c1. The van der Waals surface area contributed by atoms with Gasteiger partial charge < -0.3 is 14.7 Å². The van der Waals surface area contributed by atoms with Crippen LogP contribution < -0.4 is 9.64 Å². The highest BCUT2D eigenvalue weighted by molar-refractivity contribution is 7.92. The number of hydrogen-bond donors (Lipinski definition) is 1. The van der Waals surface area contributed by atoms with Gasteiger partial charge in [0.1, 0.15) is 17.6 Å². The van der Waals surface area contributed by atoms with Gasteiger partial charge in [0.15, 0.2) is 9.84 Å². The maximum absolute atomic E-state index is 13.3. The van der Waals surface area contributed by atoms with Crippen LogP contribution in [0.4, 0.5) is 5.82 Å². The Balaban J connectivity index is 1.69. The highest BCUT2D eigenvalue weighted by Gasteiger charge is 2.45. The molecule has 162 valence electrons. The third-order valence-corrected chi connectivity index (χ3v) is 8.60. The number of ether oxygens (including phenoxy) is 1. The van der Waals surface area contributed by atoms with E-state index >= 15 is 0 Å². The molecule has 8 nitrogen and oxygen atoms in total. The van der Waals surface area contributed by atoms with Gasteiger partial charge in [0.05, 0.1) is 34.0 Å². The van der Waals surface area contributed by atoms with Crippen LogP contribution in [0.3, 0.4) is 0 Å². The first-order chi connectivity index (χ1) is 14.2. The normalized spacial score (nSPS) is 22.2. The summed E-state index contributed by atoms with van der Waals surface area (Å²) in [6.07, 6.45) is 3.07. The molecule has 10 heteroatoms. The number of sulfone groups is 1. The summed E-state index contributed by atoms with van der Waals surface area (Å²) in [7, 11) is -2.37. The minimum absolute atomic E-state index is 0.00960. The van der Waals surface area contributed by atoms with Gasteiger partial charge in [-0.3, -0.25) is 0 Å². The number of halogens is 1. The van der Waals surface area contributed by atoms with E-state index in [-0.39, 0.29) is 28.9 Å².